The zero-order valence-corrected chi connectivity index (χ0v) is 13.4. The Balaban J connectivity index is 1.73. The van der Waals surface area contributed by atoms with Crippen molar-refractivity contribution < 1.29 is 17.6 Å². The maximum absolute atomic E-state index is 13.9. The number of benzene rings is 2. The van der Waals surface area contributed by atoms with Crippen LogP contribution in [-0.2, 0) is 6.18 Å². The van der Waals surface area contributed by atoms with Gasteiger partial charge in [0.15, 0.2) is 0 Å². The molecule has 0 saturated carbocycles. The molecule has 1 heterocycles. The van der Waals surface area contributed by atoms with Gasteiger partial charge in [-0.15, -0.1) is 11.3 Å². The fourth-order valence-corrected chi connectivity index (χ4v) is 2.76. The summed E-state index contributed by atoms with van der Waals surface area (Å²) >= 11 is 1.28. The smallest absolute Gasteiger partial charge is 0.253 e. The van der Waals surface area contributed by atoms with E-state index in [1.54, 1.807) is 0 Å². The van der Waals surface area contributed by atoms with Gasteiger partial charge < -0.3 is 0 Å². The Morgan fingerprint density at radius 2 is 1.80 bits per heavy atom. The van der Waals surface area contributed by atoms with Crippen LogP contribution in [0.2, 0.25) is 0 Å². The third-order valence-corrected chi connectivity index (χ3v) is 4.02. The van der Waals surface area contributed by atoms with Crippen LogP contribution >= 0.6 is 11.3 Å². The Hall–Kier alpha value is -2.74. The lowest BCUT2D eigenvalue weighted by Crippen LogP contribution is -2.09. The van der Waals surface area contributed by atoms with Crippen molar-refractivity contribution in [3.63, 3.8) is 0 Å². The summed E-state index contributed by atoms with van der Waals surface area (Å²) in [6.45, 7) is 0. The maximum atomic E-state index is 13.9. The second-order valence-electron chi connectivity index (χ2n) is 4.98. The number of hydrogen-bond acceptors (Lipinski definition) is 4. The van der Waals surface area contributed by atoms with Gasteiger partial charge >= 0.3 is 6.18 Å². The fraction of sp³-hybridized carbons (Fsp3) is 0.0588. The molecule has 0 radical (unpaired) electrons. The van der Waals surface area contributed by atoms with Crippen LogP contribution in [-0.4, -0.2) is 11.2 Å². The summed E-state index contributed by atoms with van der Waals surface area (Å²) in [4.78, 5) is 4.31. The quantitative estimate of drug-likeness (QED) is 0.381. The average molecular weight is 365 g/mol. The topological polar surface area (TPSA) is 37.3 Å². The fourth-order valence-electron chi connectivity index (χ4n) is 2.09. The minimum atomic E-state index is -4.75. The first kappa shape index (κ1) is 17.1. The molecule has 3 aromatic rings. The number of nitrogens with zero attached hydrogens (tertiary/aromatic N) is 2. The summed E-state index contributed by atoms with van der Waals surface area (Å²) in [7, 11) is 0. The monoisotopic (exact) mass is 365 g/mol. The molecule has 0 aliphatic carbocycles. The van der Waals surface area contributed by atoms with Crippen molar-refractivity contribution in [2.45, 2.75) is 6.18 Å². The number of anilines is 1. The molecule has 128 valence electrons. The van der Waals surface area contributed by atoms with Gasteiger partial charge in [0.25, 0.3) is 0 Å². The van der Waals surface area contributed by atoms with Crippen molar-refractivity contribution in [3.05, 3.63) is 70.9 Å². The van der Waals surface area contributed by atoms with Crippen molar-refractivity contribution in [2.24, 2.45) is 5.10 Å². The van der Waals surface area contributed by atoms with E-state index in [9.17, 15) is 17.6 Å². The number of halogens is 4. The first-order valence-electron chi connectivity index (χ1n) is 7.11. The van der Waals surface area contributed by atoms with Crippen LogP contribution in [0.15, 0.2) is 59.0 Å². The molecule has 8 heteroatoms. The first-order valence-corrected chi connectivity index (χ1v) is 7.99. The highest BCUT2D eigenvalue weighted by molar-refractivity contribution is 7.14. The maximum Gasteiger partial charge on any atom is 0.419 e. The second kappa shape index (κ2) is 7.02. The van der Waals surface area contributed by atoms with Crippen LogP contribution in [0.5, 0.6) is 0 Å². The van der Waals surface area contributed by atoms with Gasteiger partial charge in [0.1, 0.15) is 5.82 Å². The molecule has 0 amide bonds. The Kier molecular flexibility index (Phi) is 4.80. The van der Waals surface area contributed by atoms with E-state index in [4.69, 9.17) is 0 Å². The van der Waals surface area contributed by atoms with Gasteiger partial charge in [-0.3, -0.25) is 5.43 Å². The zero-order chi connectivity index (χ0) is 17.9. The van der Waals surface area contributed by atoms with Gasteiger partial charge in [-0.1, -0.05) is 42.5 Å². The molecule has 1 N–H and O–H groups in total. The molecule has 25 heavy (non-hydrogen) atoms. The van der Waals surface area contributed by atoms with E-state index in [1.807, 2.05) is 35.7 Å². The van der Waals surface area contributed by atoms with E-state index in [0.717, 1.165) is 23.5 Å². The highest BCUT2D eigenvalue weighted by atomic mass is 32.1. The van der Waals surface area contributed by atoms with Crippen molar-refractivity contribution in [3.8, 4) is 11.3 Å². The summed E-state index contributed by atoms with van der Waals surface area (Å²) in [5, 5.41) is 6.03. The van der Waals surface area contributed by atoms with Crippen LogP contribution in [0.4, 0.5) is 22.7 Å². The highest BCUT2D eigenvalue weighted by Gasteiger charge is 2.34. The number of hydrogen-bond donors (Lipinski definition) is 1. The lowest BCUT2D eigenvalue weighted by Gasteiger charge is -2.08. The van der Waals surface area contributed by atoms with Gasteiger partial charge in [-0.05, 0) is 6.07 Å². The minimum Gasteiger partial charge on any atom is -0.253 e. The largest absolute Gasteiger partial charge is 0.419 e. The SMILES string of the molecule is Fc1c(C=NNc2nc(-c3ccccc3)cs2)cccc1C(F)(F)F. The predicted molar refractivity (Wildman–Crippen MR) is 90.2 cm³/mol. The van der Waals surface area contributed by atoms with Crippen molar-refractivity contribution in [1.82, 2.24) is 4.98 Å². The van der Waals surface area contributed by atoms with E-state index in [1.165, 1.54) is 17.4 Å². The molecule has 0 saturated heterocycles. The van der Waals surface area contributed by atoms with E-state index >= 15 is 0 Å². The van der Waals surface area contributed by atoms with E-state index < -0.39 is 17.6 Å². The zero-order valence-electron chi connectivity index (χ0n) is 12.6. The summed E-state index contributed by atoms with van der Waals surface area (Å²) in [5.74, 6) is -1.36. The Labute approximate surface area is 144 Å². The molecule has 3 rings (SSSR count). The van der Waals surface area contributed by atoms with Crippen molar-refractivity contribution in [2.75, 3.05) is 5.43 Å². The van der Waals surface area contributed by atoms with E-state index in [0.29, 0.717) is 11.2 Å². The van der Waals surface area contributed by atoms with Gasteiger partial charge in [0.05, 0.1) is 17.5 Å². The number of rotatable bonds is 4. The van der Waals surface area contributed by atoms with Crippen LogP contribution in [0, 0.1) is 5.82 Å². The molecule has 0 unspecified atom stereocenters. The van der Waals surface area contributed by atoms with Crippen molar-refractivity contribution in [1.29, 1.82) is 0 Å². The van der Waals surface area contributed by atoms with Gasteiger partial charge in [-0.2, -0.15) is 18.3 Å². The van der Waals surface area contributed by atoms with Gasteiger partial charge in [-0.25, -0.2) is 9.37 Å². The number of alkyl halides is 3. The molecule has 1 aromatic heterocycles. The highest BCUT2D eigenvalue weighted by Crippen LogP contribution is 2.32. The third kappa shape index (κ3) is 4.03. The minimum absolute atomic E-state index is 0.262. The number of nitrogens with one attached hydrogen (secondary N) is 1. The molecule has 0 aliphatic rings. The Morgan fingerprint density at radius 1 is 1.04 bits per heavy atom. The number of thiazole rings is 1. The van der Waals surface area contributed by atoms with E-state index in [2.05, 4.69) is 15.5 Å². The average Bonchev–Trinajstić information content (AvgIpc) is 3.05. The normalized spacial score (nSPS) is 11.8. The molecule has 0 atom stereocenters. The molecular weight excluding hydrogens is 354 g/mol. The first-order chi connectivity index (χ1) is 11.9. The van der Waals surface area contributed by atoms with Crippen LogP contribution in [0.1, 0.15) is 11.1 Å². The lowest BCUT2D eigenvalue weighted by molar-refractivity contribution is -0.140. The van der Waals surface area contributed by atoms with Crippen LogP contribution in [0.3, 0.4) is 0 Å². The summed E-state index contributed by atoms with van der Waals surface area (Å²) in [6, 6.07) is 12.5. The number of aromatic nitrogens is 1. The molecule has 0 spiro atoms. The van der Waals surface area contributed by atoms with Crippen LogP contribution in [0.25, 0.3) is 11.3 Å². The Morgan fingerprint density at radius 3 is 2.52 bits per heavy atom. The summed E-state index contributed by atoms with van der Waals surface area (Å²) in [6.07, 6.45) is -3.75. The lowest BCUT2D eigenvalue weighted by atomic mass is 10.1. The molecule has 0 aliphatic heterocycles. The molecule has 2 aromatic carbocycles. The molecule has 0 bridgehead atoms. The number of hydrazone groups is 1. The molecule has 0 fully saturated rings. The Bertz CT molecular complexity index is 888. The standard InChI is InChI=1S/C17H11F4N3S/c18-15-12(7-4-8-13(15)17(19,20)21)9-22-24-16-23-14(10-25-16)11-5-2-1-3-6-11/h1-10H,(H,23,24). The predicted octanol–water partition coefficient (Wildman–Crippen LogP) is 5.41. The van der Waals surface area contributed by atoms with Gasteiger partial charge in [0.2, 0.25) is 5.13 Å². The molecular formula is C17H11F4N3S. The van der Waals surface area contributed by atoms with Crippen LogP contribution < -0.4 is 5.43 Å². The van der Waals surface area contributed by atoms with Crippen molar-refractivity contribution >= 4 is 22.7 Å². The summed E-state index contributed by atoms with van der Waals surface area (Å²) in [5.41, 5.74) is 2.69. The molecule has 3 nitrogen and oxygen atoms in total. The third-order valence-electron chi connectivity index (χ3n) is 3.27. The second-order valence-corrected chi connectivity index (χ2v) is 5.84. The van der Waals surface area contributed by atoms with Gasteiger partial charge in [0, 0.05) is 16.5 Å². The summed E-state index contributed by atoms with van der Waals surface area (Å²) < 4.78 is 51.9. The van der Waals surface area contributed by atoms with E-state index in [-0.39, 0.29) is 5.56 Å².